The maximum Gasteiger partial charge on any atom is 0.164 e. The van der Waals surface area contributed by atoms with Gasteiger partial charge in [0.25, 0.3) is 0 Å². The van der Waals surface area contributed by atoms with Gasteiger partial charge in [0, 0.05) is 28.3 Å². The zero-order valence-corrected chi connectivity index (χ0v) is 30.9. The molecule has 1 aliphatic carbocycles. The van der Waals surface area contributed by atoms with E-state index in [1.165, 1.54) is 33.4 Å². The first-order chi connectivity index (χ1) is 28.2. The average Bonchev–Trinajstić information content (AvgIpc) is 3.59. The van der Waals surface area contributed by atoms with Gasteiger partial charge in [-0.05, 0) is 91.7 Å². The van der Waals surface area contributed by atoms with Crippen molar-refractivity contribution < 1.29 is 0 Å². The molecule has 4 heteroatoms. The second kappa shape index (κ2) is 13.3. The normalized spacial score (nSPS) is 12.7. The highest BCUT2D eigenvalue weighted by Gasteiger charge is 2.46. The standard InChI is InChI=1S/C53H34N4/c1-4-13-36(14-5-1)50-55-51(40-25-23-35-22-24-37(32-42(35)33-40)38-27-29-49-39(31-38)15-12-30-54-49)57-52(56-50)41-26-28-46-45-20-10-11-21-47(45)53(48(46)34-41,43-16-6-2-7-17-43)44-18-8-3-9-19-44/h1-34H. The van der Waals surface area contributed by atoms with Gasteiger partial charge in [-0.15, -0.1) is 0 Å². The van der Waals surface area contributed by atoms with Gasteiger partial charge in [-0.1, -0.05) is 164 Å². The first-order valence-electron chi connectivity index (χ1n) is 19.3. The SMILES string of the molecule is c1ccc(-c2nc(-c3ccc4c(c3)C(c3ccccc3)(c3ccccc3)c3ccccc3-4)nc(-c3ccc4ccc(-c5ccc6ncccc6c5)cc4c3)n2)cc1. The van der Waals surface area contributed by atoms with Crippen LogP contribution in [0.1, 0.15) is 22.3 Å². The fourth-order valence-electron chi connectivity index (χ4n) is 8.75. The van der Waals surface area contributed by atoms with Gasteiger partial charge in [-0.2, -0.15) is 0 Å². The van der Waals surface area contributed by atoms with Crippen molar-refractivity contribution >= 4 is 21.7 Å². The van der Waals surface area contributed by atoms with E-state index in [1.807, 2.05) is 30.5 Å². The van der Waals surface area contributed by atoms with Crippen molar-refractivity contribution in [2.45, 2.75) is 5.41 Å². The summed E-state index contributed by atoms with van der Waals surface area (Å²) in [7, 11) is 0. The maximum atomic E-state index is 5.26. The van der Waals surface area contributed by atoms with Crippen LogP contribution in [-0.4, -0.2) is 19.9 Å². The molecule has 0 unspecified atom stereocenters. The second-order valence-corrected chi connectivity index (χ2v) is 14.6. The molecule has 0 saturated heterocycles. The average molecular weight is 727 g/mol. The van der Waals surface area contributed by atoms with Gasteiger partial charge in [0.05, 0.1) is 10.9 Å². The van der Waals surface area contributed by atoms with Crippen LogP contribution >= 0.6 is 0 Å². The van der Waals surface area contributed by atoms with Gasteiger partial charge < -0.3 is 0 Å². The summed E-state index contributed by atoms with van der Waals surface area (Å²) in [6, 6.07) is 71.1. The summed E-state index contributed by atoms with van der Waals surface area (Å²) in [6.07, 6.45) is 1.83. The molecule has 1 aliphatic rings. The molecule has 0 aliphatic heterocycles. The first-order valence-corrected chi connectivity index (χ1v) is 19.3. The van der Waals surface area contributed by atoms with Gasteiger partial charge >= 0.3 is 0 Å². The highest BCUT2D eigenvalue weighted by Crippen LogP contribution is 2.56. The minimum absolute atomic E-state index is 0.528. The van der Waals surface area contributed by atoms with Crippen LogP contribution in [0.2, 0.25) is 0 Å². The molecule has 0 N–H and O–H groups in total. The van der Waals surface area contributed by atoms with Gasteiger partial charge in [0.1, 0.15) is 0 Å². The van der Waals surface area contributed by atoms with Crippen LogP contribution in [0.15, 0.2) is 206 Å². The van der Waals surface area contributed by atoms with Crippen molar-refractivity contribution in [3.05, 3.63) is 229 Å². The quantitative estimate of drug-likeness (QED) is 0.171. The fraction of sp³-hybridized carbons (Fsp3) is 0.0189. The molecule has 8 aromatic carbocycles. The van der Waals surface area contributed by atoms with Gasteiger partial charge in [-0.3, -0.25) is 4.98 Å². The first kappa shape index (κ1) is 32.8. The van der Waals surface area contributed by atoms with Crippen molar-refractivity contribution in [1.29, 1.82) is 0 Å². The molecule has 0 amide bonds. The zero-order chi connectivity index (χ0) is 37.8. The molecule has 11 rings (SSSR count). The molecule has 10 aromatic rings. The third kappa shape index (κ3) is 5.45. The Kier molecular flexibility index (Phi) is 7.68. The van der Waals surface area contributed by atoms with E-state index in [-0.39, 0.29) is 0 Å². The van der Waals surface area contributed by atoms with Crippen LogP contribution < -0.4 is 0 Å². The molecule has 266 valence electrons. The lowest BCUT2D eigenvalue weighted by atomic mass is 9.67. The number of hydrogen-bond donors (Lipinski definition) is 0. The number of benzene rings is 8. The molecule has 0 saturated carbocycles. The predicted octanol–water partition coefficient (Wildman–Crippen LogP) is 12.6. The number of pyridine rings is 1. The summed E-state index contributed by atoms with van der Waals surface area (Å²) in [5.74, 6) is 1.89. The van der Waals surface area contributed by atoms with Gasteiger partial charge in [0.15, 0.2) is 17.5 Å². The lowest BCUT2D eigenvalue weighted by Gasteiger charge is -2.34. The van der Waals surface area contributed by atoms with Crippen LogP contribution in [0.3, 0.4) is 0 Å². The Balaban J connectivity index is 1.09. The van der Waals surface area contributed by atoms with Crippen LogP contribution in [0.25, 0.3) is 78.1 Å². The summed E-state index contributed by atoms with van der Waals surface area (Å²) in [4.78, 5) is 20.1. The number of hydrogen-bond acceptors (Lipinski definition) is 4. The minimum Gasteiger partial charge on any atom is -0.256 e. The number of aromatic nitrogens is 4. The molecule has 0 spiro atoms. The van der Waals surface area contributed by atoms with Crippen molar-refractivity contribution in [2.24, 2.45) is 0 Å². The van der Waals surface area contributed by atoms with E-state index in [0.717, 1.165) is 49.5 Å². The van der Waals surface area contributed by atoms with E-state index < -0.39 is 5.41 Å². The summed E-state index contributed by atoms with van der Waals surface area (Å²) in [6.45, 7) is 0. The summed E-state index contributed by atoms with van der Waals surface area (Å²) in [5.41, 5.74) is 12.9. The molecule has 4 nitrogen and oxygen atoms in total. The van der Waals surface area contributed by atoms with Gasteiger partial charge in [0.2, 0.25) is 0 Å². The van der Waals surface area contributed by atoms with Crippen LogP contribution in [0.4, 0.5) is 0 Å². The molecule has 0 radical (unpaired) electrons. The highest BCUT2D eigenvalue weighted by atomic mass is 15.0. The van der Waals surface area contributed by atoms with Crippen molar-refractivity contribution in [1.82, 2.24) is 19.9 Å². The molecular formula is C53H34N4. The fourth-order valence-corrected chi connectivity index (χ4v) is 8.75. The molecule has 2 heterocycles. The number of fused-ring (bicyclic) bond motifs is 5. The lowest BCUT2D eigenvalue weighted by molar-refractivity contribution is 0.768. The van der Waals surface area contributed by atoms with Crippen molar-refractivity contribution in [3.8, 4) is 56.4 Å². The van der Waals surface area contributed by atoms with E-state index in [4.69, 9.17) is 15.0 Å². The Morgan fingerprint density at radius 2 is 0.842 bits per heavy atom. The monoisotopic (exact) mass is 726 g/mol. The zero-order valence-electron chi connectivity index (χ0n) is 30.9. The third-order valence-corrected chi connectivity index (χ3v) is 11.4. The van der Waals surface area contributed by atoms with E-state index in [2.05, 4.69) is 181 Å². The summed E-state index contributed by atoms with van der Waals surface area (Å²) >= 11 is 0. The summed E-state index contributed by atoms with van der Waals surface area (Å²) in [5, 5.41) is 3.39. The van der Waals surface area contributed by atoms with E-state index >= 15 is 0 Å². The molecule has 2 aromatic heterocycles. The van der Waals surface area contributed by atoms with E-state index in [9.17, 15) is 0 Å². The maximum absolute atomic E-state index is 5.26. The Hall–Kier alpha value is -7.56. The second-order valence-electron chi connectivity index (χ2n) is 14.6. The molecule has 57 heavy (non-hydrogen) atoms. The smallest absolute Gasteiger partial charge is 0.164 e. The minimum atomic E-state index is -0.528. The Labute approximate surface area is 330 Å². The molecular weight excluding hydrogens is 693 g/mol. The molecule has 0 bridgehead atoms. The van der Waals surface area contributed by atoms with Crippen molar-refractivity contribution in [2.75, 3.05) is 0 Å². The third-order valence-electron chi connectivity index (χ3n) is 11.4. The molecule has 0 atom stereocenters. The van der Waals surface area contributed by atoms with E-state index in [1.54, 1.807) is 0 Å². The van der Waals surface area contributed by atoms with Crippen molar-refractivity contribution in [3.63, 3.8) is 0 Å². The highest BCUT2D eigenvalue weighted by molar-refractivity contribution is 5.93. The van der Waals surface area contributed by atoms with Crippen LogP contribution in [-0.2, 0) is 5.41 Å². The number of nitrogens with zero attached hydrogens (tertiary/aromatic N) is 4. The number of rotatable bonds is 6. The van der Waals surface area contributed by atoms with E-state index in [0.29, 0.717) is 17.5 Å². The summed E-state index contributed by atoms with van der Waals surface area (Å²) < 4.78 is 0. The Bertz CT molecular complexity index is 3080. The topological polar surface area (TPSA) is 51.6 Å². The van der Waals surface area contributed by atoms with Crippen LogP contribution in [0.5, 0.6) is 0 Å². The Morgan fingerprint density at radius 1 is 0.316 bits per heavy atom. The predicted molar refractivity (Wildman–Crippen MR) is 232 cm³/mol. The largest absolute Gasteiger partial charge is 0.256 e. The van der Waals surface area contributed by atoms with Gasteiger partial charge in [-0.25, -0.2) is 15.0 Å². The lowest BCUT2D eigenvalue weighted by Crippen LogP contribution is -2.28. The van der Waals surface area contributed by atoms with Crippen LogP contribution in [0, 0.1) is 0 Å². The Morgan fingerprint density at radius 3 is 1.56 bits per heavy atom. The molecule has 0 fully saturated rings.